The molecule has 0 unspecified atom stereocenters. The molecule has 0 saturated heterocycles. The van der Waals surface area contributed by atoms with Crippen molar-refractivity contribution in [1.29, 1.82) is 0 Å². The summed E-state index contributed by atoms with van der Waals surface area (Å²) in [5.74, 6) is 0. The van der Waals surface area contributed by atoms with E-state index in [2.05, 4.69) is 15.9 Å². The Kier molecular flexibility index (Phi) is 3.02. The zero-order valence-electron chi connectivity index (χ0n) is 7.79. The SMILES string of the molecule is CC(C)(F)S(=O)(=O)c1ccc(Br)cc1. The van der Waals surface area contributed by atoms with E-state index in [1.54, 1.807) is 12.1 Å². The van der Waals surface area contributed by atoms with Crippen LogP contribution in [0.4, 0.5) is 4.39 Å². The lowest BCUT2D eigenvalue weighted by atomic mass is 10.4. The first-order chi connectivity index (χ1) is 6.25. The number of halogens is 2. The predicted octanol–water partition coefficient (Wildman–Crippen LogP) is 2.93. The maximum atomic E-state index is 13.4. The second-order valence-electron chi connectivity index (χ2n) is 3.32. The van der Waals surface area contributed by atoms with Gasteiger partial charge in [-0.2, -0.15) is 0 Å². The summed E-state index contributed by atoms with van der Waals surface area (Å²) in [4.78, 5) is -0.00630. The molecule has 0 N–H and O–H groups in total. The van der Waals surface area contributed by atoms with Gasteiger partial charge in [-0.1, -0.05) is 15.9 Å². The zero-order valence-corrected chi connectivity index (χ0v) is 10.2. The van der Waals surface area contributed by atoms with E-state index in [-0.39, 0.29) is 4.90 Å². The third kappa shape index (κ3) is 2.15. The van der Waals surface area contributed by atoms with E-state index in [1.807, 2.05) is 0 Å². The van der Waals surface area contributed by atoms with Crippen molar-refractivity contribution in [3.05, 3.63) is 28.7 Å². The molecule has 0 fully saturated rings. The first kappa shape index (κ1) is 11.7. The van der Waals surface area contributed by atoms with Gasteiger partial charge in [0.1, 0.15) is 0 Å². The van der Waals surface area contributed by atoms with Crippen molar-refractivity contribution >= 4 is 25.8 Å². The van der Waals surface area contributed by atoms with Gasteiger partial charge in [0.2, 0.25) is 14.8 Å². The highest BCUT2D eigenvalue weighted by molar-refractivity contribution is 9.10. The molecule has 0 saturated carbocycles. The Labute approximate surface area is 91.2 Å². The van der Waals surface area contributed by atoms with Crippen LogP contribution in [-0.4, -0.2) is 13.4 Å². The van der Waals surface area contributed by atoms with Gasteiger partial charge in [-0.15, -0.1) is 0 Å². The van der Waals surface area contributed by atoms with E-state index in [9.17, 15) is 12.8 Å². The molecule has 0 spiro atoms. The van der Waals surface area contributed by atoms with Crippen molar-refractivity contribution in [1.82, 2.24) is 0 Å². The van der Waals surface area contributed by atoms with Gasteiger partial charge in [0.05, 0.1) is 4.90 Å². The average molecular weight is 281 g/mol. The fraction of sp³-hybridized carbons (Fsp3) is 0.333. The monoisotopic (exact) mass is 280 g/mol. The minimum atomic E-state index is -3.88. The Morgan fingerprint density at radius 2 is 1.64 bits per heavy atom. The number of hydrogen-bond donors (Lipinski definition) is 0. The summed E-state index contributed by atoms with van der Waals surface area (Å²) in [7, 11) is -3.88. The van der Waals surface area contributed by atoms with Crippen molar-refractivity contribution in [2.24, 2.45) is 0 Å². The standard InChI is InChI=1S/C9H10BrFO2S/c1-9(2,11)14(12,13)8-5-3-7(10)4-6-8/h3-6H,1-2H3. The molecule has 0 aliphatic heterocycles. The van der Waals surface area contributed by atoms with Crippen molar-refractivity contribution in [3.63, 3.8) is 0 Å². The summed E-state index contributed by atoms with van der Waals surface area (Å²) in [5, 5.41) is -2.25. The molecule has 0 aromatic heterocycles. The van der Waals surface area contributed by atoms with Crippen LogP contribution in [0.2, 0.25) is 0 Å². The molecule has 5 heteroatoms. The number of hydrogen-bond acceptors (Lipinski definition) is 2. The maximum absolute atomic E-state index is 13.4. The second kappa shape index (κ2) is 3.62. The van der Waals surface area contributed by atoms with Gasteiger partial charge >= 0.3 is 0 Å². The third-order valence-corrected chi connectivity index (χ3v) is 4.46. The molecule has 0 amide bonds. The number of rotatable bonds is 2. The molecule has 0 radical (unpaired) electrons. The molecule has 78 valence electrons. The Morgan fingerprint density at radius 1 is 1.21 bits per heavy atom. The summed E-state index contributed by atoms with van der Waals surface area (Å²) in [6.07, 6.45) is 0. The largest absolute Gasteiger partial charge is 0.227 e. The van der Waals surface area contributed by atoms with Gasteiger partial charge in [0.25, 0.3) is 0 Å². The van der Waals surface area contributed by atoms with Crippen LogP contribution in [0.15, 0.2) is 33.6 Å². The molecule has 2 nitrogen and oxygen atoms in total. The minimum absolute atomic E-state index is 0.00630. The van der Waals surface area contributed by atoms with Gasteiger partial charge < -0.3 is 0 Å². The normalized spacial score (nSPS) is 12.9. The summed E-state index contributed by atoms with van der Waals surface area (Å²) < 4.78 is 37.3. The van der Waals surface area contributed by atoms with Gasteiger partial charge in [0.15, 0.2) is 0 Å². The average Bonchev–Trinajstić information content (AvgIpc) is 2.03. The smallest absolute Gasteiger partial charge is 0.212 e. The number of benzene rings is 1. The first-order valence-electron chi connectivity index (χ1n) is 3.94. The van der Waals surface area contributed by atoms with Crippen molar-refractivity contribution < 1.29 is 12.8 Å². The topological polar surface area (TPSA) is 34.1 Å². The van der Waals surface area contributed by atoms with Crippen molar-refractivity contribution in [2.75, 3.05) is 0 Å². The van der Waals surface area contributed by atoms with Crippen LogP contribution in [0.1, 0.15) is 13.8 Å². The predicted molar refractivity (Wildman–Crippen MR) is 56.5 cm³/mol. The Hall–Kier alpha value is -0.420. The Balaban J connectivity index is 3.25. The van der Waals surface area contributed by atoms with Gasteiger partial charge in [-0.25, -0.2) is 12.8 Å². The summed E-state index contributed by atoms with van der Waals surface area (Å²) in [6, 6.07) is 5.89. The number of sulfone groups is 1. The van der Waals surface area contributed by atoms with E-state index >= 15 is 0 Å². The van der Waals surface area contributed by atoms with Crippen LogP contribution in [0, 0.1) is 0 Å². The van der Waals surface area contributed by atoms with Gasteiger partial charge in [-0.05, 0) is 38.1 Å². The van der Waals surface area contributed by atoms with Crippen LogP contribution in [0.3, 0.4) is 0 Å². The fourth-order valence-electron chi connectivity index (χ4n) is 0.894. The van der Waals surface area contributed by atoms with Crippen LogP contribution in [-0.2, 0) is 9.84 Å². The number of alkyl halides is 1. The molecule has 0 bridgehead atoms. The lowest BCUT2D eigenvalue weighted by Gasteiger charge is -2.15. The fourth-order valence-corrected chi connectivity index (χ4v) is 2.21. The summed E-state index contributed by atoms with van der Waals surface area (Å²) in [6.45, 7) is 2.06. The van der Waals surface area contributed by atoms with Crippen molar-refractivity contribution in [2.45, 2.75) is 23.7 Å². The molecule has 0 atom stereocenters. The van der Waals surface area contributed by atoms with Crippen molar-refractivity contribution in [3.8, 4) is 0 Å². The molecule has 0 aliphatic carbocycles. The molecule has 14 heavy (non-hydrogen) atoms. The molecule has 1 aromatic rings. The Bertz CT molecular complexity index is 417. The van der Waals surface area contributed by atoms with Gasteiger partial charge in [0, 0.05) is 4.47 Å². The first-order valence-corrected chi connectivity index (χ1v) is 6.22. The molecular weight excluding hydrogens is 271 g/mol. The minimum Gasteiger partial charge on any atom is -0.227 e. The van der Waals surface area contributed by atoms with Crippen LogP contribution in [0.5, 0.6) is 0 Å². The maximum Gasteiger partial charge on any atom is 0.212 e. The lowest BCUT2D eigenvalue weighted by molar-refractivity contribution is 0.319. The highest BCUT2D eigenvalue weighted by atomic mass is 79.9. The second-order valence-corrected chi connectivity index (χ2v) is 6.69. The summed E-state index contributed by atoms with van der Waals surface area (Å²) >= 11 is 3.17. The summed E-state index contributed by atoms with van der Waals surface area (Å²) in [5.41, 5.74) is 0. The van der Waals surface area contributed by atoms with Gasteiger partial charge in [-0.3, -0.25) is 0 Å². The highest BCUT2D eigenvalue weighted by Gasteiger charge is 2.35. The van der Waals surface area contributed by atoms with Crippen LogP contribution < -0.4 is 0 Å². The van der Waals surface area contributed by atoms with E-state index in [1.165, 1.54) is 12.1 Å². The molecule has 1 rings (SSSR count). The Morgan fingerprint density at radius 3 is 2.00 bits per heavy atom. The molecular formula is C9H10BrFO2S. The van der Waals surface area contributed by atoms with E-state index < -0.39 is 14.8 Å². The molecule has 1 aromatic carbocycles. The lowest BCUT2D eigenvalue weighted by Crippen LogP contribution is -2.26. The van der Waals surface area contributed by atoms with Crippen LogP contribution in [0.25, 0.3) is 0 Å². The molecule has 0 aliphatic rings. The van der Waals surface area contributed by atoms with Crippen LogP contribution >= 0.6 is 15.9 Å². The van der Waals surface area contributed by atoms with E-state index in [0.29, 0.717) is 0 Å². The molecule has 0 heterocycles. The third-order valence-electron chi connectivity index (χ3n) is 1.76. The quantitative estimate of drug-likeness (QED) is 0.835. The highest BCUT2D eigenvalue weighted by Crippen LogP contribution is 2.27. The van der Waals surface area contributed by atoms with E-state index in [0.717, 1.165) is 18.3 Å². The zero-order chi connectivity index (χ0) is 11.0. The van der Waals surface area contributed by atoms with E-state index in [4.69, 9.17) is 0 Å².